The number of aromatic nitrogens is 2. The molecular weight excluding hydrogens is 359 g/mol. The molecule has 26 heavy (non-hydrogen) atoms. The maximum atomic E-state index is 12.9. The van der Waals surface area contributed by atoms with E-state index in [2.05, 4.69) is 34.8 Å². The van der Waals surface area contributed by atoms with Gasteiger partial charge in [0.25, 0.3) is 0 Å². The number of alkyl halides is 3. The van der Waals surface area contributed by atoms with Gasteiger partial charge in [0, 0.05) is 23.2 Å². The Morgan fingerprint density at radius 1 is 1.15 bits per heavy atom. The highest BCUT2D eigenvalue weighted by Crippen LogP contribution is 2.41. The van der Waals surface area contributed by atoms with E-state index in [0.717, 1.165) is 41.6 Å². The van der Waals surface area contributed by atoms with E-state index in [-0.39, 0.29) is 10.7 Å². The first-order valence-electron chi connectivity index (χ1n) is 8.63. The van der Waals surface area contributed by atoms with E-state index in [4.69, 9.17) is 0 Å². The van der Waals surface area contributed by atoms with Gasteiger partial charge >= 0.3 is 6.18 Å². The zero-order chi connectivity index (χ0) is 18.9. The summed E-state index contributed by atoms with van der Waals surface area (Å²) in [7, 11) is 0. The van der Waals surface area contributed by atoms with E-state index in [0.29, 0.717) is 0 Å². The van der Waals surface area contributed by atoms with Gasteiger partial charge in [0.2, 0.25) is 0 Å². The van der Waals surface area contributed by atoms with Crippen molar-refractivity contribution in [3.8, 4) is 0 Å². The Morgan fingerprint density at radius 3 is 2.62 bits per heavy atom. The van der Waals surface area contributed by atoms with Crippen LogP contribution in [0.2, 0.25) is 0 Å². The number of anilines is 1. The number of hydrogen-bond donors (Lipinski definition) is 0. The van der Waals surface area contributed by atoms with E-state index >= 15 is 0 Å². The fourth-order valence-corrected chi connectivity index (χ4v) is 4.27. The highest BCUT2D eigenvalue weighted by molar-refractivity contribution is 7.99. The van der Waals surface area contributed by atoms with Gasteiger partial charge in [-0.05, 0) is 75.6 Å². The summed E-state index contributed by atoms with van der Waals surface area (Å²) in [5, 5.41) is 0.112. The Kier molecular flexibility index (Phi) is 5.19. The topological polar surface area (TPSA) is 29.0 Å². The van der Waals surface area contributed by atoms with Crippen molar-refractivity contribution in [2.45, 2.75) is 61.8 Å². The number of hydrogen-bond acceptors (Lipinski definition) is 4. The zero-order valence-electron chi connectivity index (χ0n) is 15.1. The lowest BCUT2D eigenvalue weighted by Crippen LogP contribution is -2.47. The van der Waals surface area contributed by atoms with Crippen LogP contribution in [0.15, 0.2) is 40.5 Å². The van der Waals surface area contributed by atoms with Crippen molar-refractivity contribution >= 4 is 17.4 Å². The first-order valence-corrected chi connectivity index (χ1v) is 9.45. The van der Waals surface area contributed by atoms with Gasteiger partial charge in [-0.25, -0.2) is 9.97 Å². The average molecular weight is 381 g/mol. The third-order valence-corrected chi connectivity index (χ3v) is 5.61. The third-order valence-electron chi connectivity index (χ3n) is 4.68. The predicted molar refractivity (Wildman–Crippen MR) is 97.6 cm³/mol. The Labute approximate surface area is 156 Å². The molecule has 1 aromatic carbocycles. The molecule has 1 aromatic heterocycles. The molecular formula is C19H22F3N3S. The van der Waals surface area contributed by atoms with Gasteiger partial charge in [-0.2, -0.15) is 13.2 Å². The minimum Gasteiger partial charge on any atom is -0.365 e. The molecule has 2 heterocycles. The molecule has 140 valence electrons. The molecule has 2 aromatic rings. The van der Waals surface area contributed by atoms with Crippen molar-refractivity contribution in [3.05, 3.63) is 41.7 Å². The smallest absolute Gasteiger partial charge is 0.365 e. The number of piperidine rings is 1. The molecule has 0 bridgehead atoms. The molecule has 0 N–H and O–H groups in total. The Bertz CT molecular complexity index is 790. The quantitative estimate of drug-likeness (QED) is 0.636. The maximum Gasteiger partial charge on any atom is 0.433 e. The monoisotopic (exact) mass is 381 g/mol. The minimum atomic E-state index is -4.47. The van der Waals surface area contributed by atoms with Crippen molar-refractivity contribution in [2.75, 3.05) is 11.4 Å². The van der Waals surface area contributed by atoms with Crippen LogP contribution < -0.4 is 4.90 Å². The molecule has 0 amide bonds. The van der Waals surface area contributed by atoms with Gasteiger partial charge in [0.15, 0.2) is 5.16 Å². The third kappa shape index (κ3) is 4.14. The van der Waals surface area contributed by atoms with Crippen LogP contribution in [0.5, 0.6) is 0 Å². The normalized spacial score (nSPS) is 17.4. The second-order valence-electron chi connectivity index (χ2n) is 7.22. The van der Waals surface area contributed by atoms with Crippen molar-refractivity contribution < 1.29 is 13.2 Å². The van der Waals surface area contributed by atoms with Crippen LogP contribution in [0.3, 0.4) is 0 Å². The first-order chi connectivity index (χ1) is 12.2. The molecule has 1 aliphatic rings. The lowest BCUT2D eigenvalue weighted by atomic mass is 9.90. The average Bonchev–Trinajstić information content (AvgIpc) is 2.55. The van der Waals surface area contributed by atoms with Gasteiger partial charge in [0.05, 0.1) is 5.69 Å². The van der Waals surface area contributed by atoms with Crippen molar-refractivity contribution in [1.82, 2.24) is 9.97 Å². The number of halogens is 3. The maximum absolute atomic E-state index is 12.9. The zero-order valence-corrected chi connectivity index (χ0v) is 15.9. The van der Waals surface area contributed by atoms with Gasteiger partial charge < -0.3 is 4.90 Å². The summed E-state index contributed by atoms with van der Waals surface area (Å²) in [6.07, 6.45) is 0.0854. The Balaban J connectivity index is 1.97. The lowest BCUT2D eigenvalue weighted by Gasteiger charge is -2.45. The summed E-state index contributed by atoms with van der Waals surface area (Å²) in [6.45, 7) is 7.33. The second-order valence-corrected chi connectivity index (χ2v) is 8.23. The highest BCUT2D eigenvalue weighted by atomic mass is 32.2. The molecule has 7 heteroatoms. The summed E-state index contributed by atoms with van der Waals surface area (Å²) >= 11 is 1.19. The molecule has 0 aliphatic carbocycles. The molecule has 1 saturated heterocycles. The van der Waals surface area contributed by atoms with Gasteiger partial charge in [0.1, 0.15) is 5.69 Å². The lowest BCUT2D eigenvalue weighted by molar-refractivity contribution is -0.141. The molecule has 3 rings (SSSR count). The second kappa shape index (κ2) is 7.10. The van der Waals surface area contributed by atoms with Crippen LogP contribution in [-0.4, -0.2) is 22.1 Å². The molecule has 0 saturated carbocycles. The molecule has 0 radical (unpaired) electrons. The molecule has 0 unspecified atom stereocenters. The van der Waals surface area contributed by atoms with Gasteiger partial charge in [-0.3, -0.25) is 0 Å². The fraction of sp³-hybridized carbons (Fsp3) is 0.474. The van der Waals surface area contributed by atoms with Crippen LogP contribution in [0.4, 0.5) is 18.9 Å². The highest BCUT2D eigenvalue weighted by Gasteiger charge is 2.34. The van der Waals surface area contributed by atoms with E-state index < -0.39 is 11.9 Å². The van der Waals surface area contributed by atoms with Crippen molar-refractivity contribution in [3.63, 3.8) is 0 Å². The van der Waals surface area contributed by atoms with E-state index in [1.807, 2.05) is 19.1 Å². The summed E-state index contributed by atoms with van der Waals surface area (Å²) in [4.78, 5) is 11.0. The van der Waals surface area contributed by atoms with Crippen molar-refractivity contribution in [2.24, 2.45) is 0 Å². The van der Waals surface area contributed by atoms with Crippen molar-refractivity contribution in [1.29, 1.82) is 0 Å². The first kappa shape index (κ1) is 19.0. The van der Waals surface area contributed by atoms with Crippen LogP contribution in [0, 0.1) is 6.92 Å². The molecule has 1 aliphatic heterocycles. The number of aryl methyl sites for hydroxylation is 1. The molecule has 0 spiro atoms. The molecule has 0 atom stereocenters. The number of benzene rings is 1. The van der Waals surface area contributed by atoms with Crippen LogP contribution >= 0.6 is 11.8 Å². The standard InChI is InChI=1S/C19H22F3N3S/c1-13-6-7-14(25-11-5-4-9-18(25,2)3)15(12-13)26-17-23-10-8-16(24-17)19(20,21)22/h6-8,10,12H,4-5,9,11H2,1-3H3. The van der Waals surface area contributed by atoms with Gasteiger partial charge in [-0.1, -0.05) is 6.07 Å². The summed E-state index contributed by atoms with van der Waals surface area (Å²) in [5.41, 5.74) is 1.18. The van der Waals surface area contributed by atoms with Gasteiger partial charge in [-0.15, -0.1) is 0 Å². The van der Waals surface area contributed by atoms with E-state index in [9.17, 15) is 13.2 Å². The molecule has 3 nitrogen and oxygen atoms in total. The SMILES string of the molecule is Cc1ccc(N2CCCCC2(C)C)c(Sc2nccc(C(F)(F)F)n2)c1. The summed E-state index contributed by atoms with van der Waals surface area (Å²) in [6, 6.07) is 6.98. The summed E-state index contributed by atoms with van der Waals surface area (Å²) < 4.78 is 38.8. The largest absolute Gasteiger partial charge is 0.433 e. The Morgan fingerprint density at radius 2 is 1.92 bits per heavy atom. The van der Waals surface area contributed by atoms with Crippen LogP contribution in [-0.2, 0) is 6.18 Å². The summed E-state index contributed by atoms with van der Waals surface area (Å²) in [5.74, 6) is 0. The Hall–Kier alpha value is -1.76. The van der Waals surface area contributed by atoms with E-state index in [1.165, 1.54) is 24.4 Å². The number of nitrogens with zero attached hydrogens (tertiary/aromatic N) is 3. The number of rotatable bonds is 3. The van der Waals surface area contributed by atoms with Crippen LogP contribution in [0.1, 0.15) is 44.4 Å². The van der Waals surface area contributed by atoms with E-state index in [1.54, 1.807) is 0 Å². The minimum absolute atomic E-state index is 0.0114. The molecule has 1 fully saturated rings. The fourth-order valence-electron chi connectivity index (χ4n) is 3.28. The van der Waals surface area contributed by atoms with Crippen LogP contribution in [0.25, 0.3) is 0 Å². The predicted octanol–water partition coefficient (Wildman–Crippen LogP) is 5.72.